The van der Waals surface area contributed by atoms with Crippen molar-refractivity contribution in [1.29, 1.82) is 0 Å². The largest absolute Gasteiger partial charge is 0.366 e. The van der Waals surface area contributed by atoms with Crippen LogP contribution in [0.4, 0.5) is 5.69 Å². The van der Waals surface area contributed by atoms with E-state index in [1.807, 2.05) is 7.05 Å². The highest BCUT2D eigenvalue weighted by atomic mass is 32.1. The van der Waals surface area contributed by atoms with E-state index >= 15 is 0 Å². The predicted octanol–water partition coefficient (Wildman–Crippen LogP) is 3.93. The smallest absolute Gasteiger partial charge is 0.170 e. The molecule has 19 heavy (non-hydrogen) atoms. The summed E-state index contributed by atoms with van der Waals surface area (Å²) >= 11 is 5.23. The van der Waals surface area contributed by atoms with Crippen LogP contribution in [0.15, 0.2) is 12.1 Å². The molecule has 0 spiro atoms. The van der Waals surface area contributed by atoms with Crippen molar-refractivity contribution in [3.05, 3.63) is 28.8 Å². The summed E-state index contributed by atoms with van der Waals surface area (Å²) in [5, 5.41) is 7.00. The Labute approximate surface area is 123 Å². The van der Waals surface area contributed by atoms with Crippen molar-refractivity contribution in [3.8, 4) is 0 Å². The maximum absolute atomic E-state index is 5.23. The van der Waals surface area contributed by atoms with Crippen molar-refractivity contribution in [2.75, 3.05) is 12.4 Å². The van der Waals surface area contributed by atoms with Gasteiger partial charge >= 0.3 is 0 Å². The van der Waals surface area contributed by atoms with Crippen LogP contribution in [-0.4, -0.2) is 12.2 Å². The predicted molar refractivity (Wildman–Crippen MR) is 89.0 cm³/mol. The summed E-state index contributed by atoms with van der Waals surface area (Å²) < 4.78 is 0. The van der Waals surface area contributed by atoms with Gasteiger partial charge in [0.1, 0.15) is 0 Å². The molecule has 0 radical (unpaired) electrons. The molecule has 0 aliphatic heterocycles. The molecule has 0 saturated heterocycles. The van der Waals surface area contributed by atoms with Gasteiger partial charge in [0.25, 0.3) is 0 Å². The van der Waals surface area contributed by atoms with Crippen LogP contribution < -0.4 is 10.6 Å². The maximum atomic E-state index is 5.23. The first kappa shape index (κ1) is 16.0. The number of anilines is 1. The Hall–Kier alpha value is -1.09. The molecule has 2 nitrogen and oxygen atoms in total. The van der Waals surface area contributed by atoms with E-state index in [0.29, 0.717) is 11.0 Å². The van der Waals surface area contributed by atoms with Gasteiger partial charge in [0.2, 0.25) is 0 Å². The number of nitrogens with one attached hydrogen (secondary N) is 2. The topological polar surface area (TPSA) is 24.1 Å². The SMILES string of the molecule is CCc1cc(CC(C)C)cc(CC)c1NC(=S)NC. The molecule has 1 aromatic rings. The second kappa shape index (κ2) is 7.49. The minimum Gasteiger partial charge on any atom is -0.366 e. The van der Waals surface area contributed by atoms with E-state index in [1.54, 1.807) is 0 Å². The second-order valence-corrected chi connectivity index (χ2v) is 5.71. The Balaban J connectivity index is 3.17. The van der Waals surface area contributed by atoms with Crippen LogP contribution in [0, 0.1) is 5.92 Å². The summed E-state index contributed by atoms with van der Waals surface area (Å²) in [4.78, 5) is 0. The summed E-state index contributed by atoms with van der Waals surface area (Å²) in [7, 11) is 1.85. The lowest BCUT2D eigenvalue weighted by molar-refractivity contribution is 0.646. The molecule has 1 aromatic carbocycles. The zero-order valence-electron chi connectivity index (χ0n) is 12.8. The van der Waals surface area contributed by atoms with Crippen LogP contribution in [0.1, 0.15) is 44.4 Å². The van der Waals surface area contributed by atoms with Gasteiger partial charge in [0.05, 0.1) is 0 Å². The molecular weight excluding hydrogens is 252 g/mol. The van der Waals surface area contributed by atoms with Crippen LogP contribution in [-0.2, 0) is 19.3 Å². The zero-order valence-corrected chi connectivity index (χ0v) is 13.6. The lowest BCUT2D eigenvalue weighted by Crippen LogP contribution is -2.25. The molecule has 0 aliphatic carbocycles. The van der Waals surface area contributed by atoms with E-state index in [9.17, 15) is 0 Å². The number of rotatable bonds is 5. The molecule has 0 aromatic heterocycles. The molecule has 2 N–H and O–H groups in total. The first-order valence-electron chi connectivity index (χ1n) is 7.15. The van der Waals surface area contributed by atoms with E-state index in [4.69, 9.17) is 12.2 Å². The highest BCUT2D eigenvalue weighted by Crippen LogP contribution is 2.26. The molecule has 0 amide bonds. The van der Waals surface area contributed by atoms with Gasteiger partial charge < -0.3 is 10.6 Å². The number of hydrogen-bond acceptors (Lipinski definition) is 1. The minimum atomic E-state index is 0.681. The van der Waals surface area contributed by atoms with Crippen molar-refractivity contribution in [2.24, 2.45) is 5.92 Å². The van der Waals surface area contributed by atoms with Gasteiger partial charge in [0.15, 0.2) is 5.11 Å². The zero-order chi connectivity index (χ0) is 14.4. The molecule has 3 heteroatoms. The van der Waals surface area contributed by atoms with Gasteiger partial charge in [-0.05, 0) is 54.1 Å². The molecule has 0 unspecified atom stereocenters. The fourth-order valence-electron chi connectivity index (χ4n) is 2.32. The van der Waals surface area contributed by atoms with Gasteiger partial charge in [-0.1, -0.05) is 39.8 Å². The fraction of sp³-hybridized carbons (Fsp3) is 0.562. The first-order valence-corrected chi connectivity index (χ1v) is 7.55. The highest BCUT2D eigenvalue weighted by Gasteiger charge is 2.10. The fourth-order valence-corrected chi connectivity index (χ4v) is 2.43. The molecule has 0 fully saturated rings. The third kappa shape index (κ3) is 4.50. The van der Waals surface area contributed by atoms with E-state index in [1.165, 1.54) is 22.4 Å². The lowest BCUT2D eigenvalue weighted by Gasteiger charge is -2.18. The van der Waals surface area contributed by atoms with Gasteiger partial charge in [-0.2, -0.15) is 0 Å². The lowest BCUT2D eigenvalue weighted by atomic mass is 9.94. The standard InChI is InChI=1S/C16H26N2S/c1-6-13-9-12(8-11(3)4)10-14(7-2)15(13)18-16(19)17-5/h9-11H,6-8H2,1-5H3,(H2,17,18,19). The van der Waals surface area contributed by atoms with Crippen molar-refractivity contribution in [2.45, 2.75) is 47.0 Å². The Morgan fingerprint density at radius 2 is 1.68 bits per heavy atom. The summed E-state index contributed by atoms with van der Waals surface area (Å²) in [5.41, 5.74) is 5.33. The van der Waals surface area contributed by atoms with Crippen molar-refractivity contribution in [1.82, 2.24) is 5.32 Å². The highest BCUT2D eigenvalue weighted by molar-refractivity contribution is 7.80. The van der Waals surface area contributed by atoms with Crippen LogP contribution in [0.3, 0.4) is 0 Å². The van der Waals surface area contributed by atoms with Gasteiger partial charge in [-0.3, -0.25) is 0 Å². The molecule has 1 rings (SSSR count). The number of hydrogen-bond donors (Lipinski definition) is 2. The molecule has 0 saturated carbocycles. The number of thiocarbonyl (C=S) groups is 1. The van der Waals surface area contributed by atoms with Crippen LogP contribution in [0.5, 0.6) is 0 Å². The average Bonchev–Trinajstić information content (AvgIpc) is 2.38. The van der Waals surface area contributed by atoms with Gasteiger partial charge in [0, 0.05) is 12.7 Å². The third-order valence-electron chi connectivity index (χ3n) is 3.23. The monoisotopic (exact) mass is 278 g/mol. The summed E-state index contributed by atoms with van der Waals surface area (Å²) in [6, 6.07) is 4.64. The molecule has 0 atom stereocenters. The minimum absolute atomic E-state index is 0.681. The summed E-state index contributed by atoms with van der Waals surface area (Å²) in [6.45, 7) is 8.92. The maximum Gasteiger partial charge on any atom is 0.170 e. The van der Waals surface area contributed by atoms with Crippen molar-refractivity contribution < 1.29 is 0 Å². The first-order chi connectivity index (χ1) is 9.01. The van der Waals surface area contributed by atoms with Crippen LogP contribution in [0.2, 0.25) is 0 Å². The van der Waals surface area contributed by atoms with Crippen LogP contribution >= 0.6 is 12.2 Å². The normalized spacial score (nSPS) is 10.6. The van der Waals surface area contributed by atoms with E-state index in [-0.39, 0.29) is 0 Å². The van der Waals surface area contributed by atoms with Crippen LogP contribution in [0.25, 0.3) is 0 Å². The molecule has 0 bridgehead atoms. The number of aryl methyl sites for hydroxylation is 2. The third-order valence-corrected chi connectivity index (χ3v) is 3.54. The molecule has 106 valence electrons. The van der Waals surface area contributed by atoms with Crippen molar-refractivity contribution in [3.63, 3.8) is 0 Å². The Morgan fingerprint density at radius 1 is 1.16 bits per heavy atom. The van der Waals surface area contributed by atoms with Crippen molar-refractivity contribution >= 4 is 23.0 Å². The Kier molecular flexibility index (Phi) is 6.29. The molecular formula is C16H26N2S. The number of benzene rings is 1. The quantitative estimate of drug-likeness (QED) is 0.798. The molecule has 0 heterocycles. The van der Waals surface area contributed by atoms with E-state index in [0.717, 1.165) is 19.3 Å². The van der Waals surface area contributed by atoms with E-state index < -0.39 is 0 Å². The average molecular weight is 278 g/mol. The van der Waals surface area contributed by atoms with Gasteiger partial charge in [-0.25, -0.2) is 0 Å². The summed E-state index contributed by atoms with van der Waals surface area (Å²) in [6.07, 6.45) is 3.18. The van der Waals surface area contributed by atoms with E-state index in [2.05, 4.69) is 50.5 Å². The Morgan fingerprint density at radius 3 is 2.05 bits per heavy atom. The molecule has 0 aliphatic rings. The van der Waals surface area contributed by atoms with Gasteiger partial charge in [-0.15, -0.1) is 0 Å². The second-order valence-electron chi connectivity index (χ2n) is 5.30. The Bertz CT molecular complexity index is 413. The summed E-state index contributed by atoms with van der Waals surface area (Å²) in [5.74, 6) is 0.687.